The first-order chi connectivity index (χ1) is 24.1. The minimum Gasteiger partial charge on any atom is -0.496 e. The van der Waals surface area contributed by atoms with Crippen LogP contribution in [0.2, 0.25) is 0 Å². The largest absolute Gasteiger partial charge is 0.496 e. The van der Waals surface area contributed by atoms with Crippen LogP contribution in [0, 0.1) is 11.8 Å². The number of amides is 3. The van der Waals surface area contributed by atoms with Gasteiger partial charge in [-0.1, -0.05) is 97.5 Å². The second-order valence-corrected chi connectivity index (χ2v) is 14.1. The molecule has 1 aliphatic heterocycles. The molecule has 3 amide bonds. The average Bonchev–Trinajstić information content (AvgIpc) is 3.72. The van der Waals surface area contributed by atoms with E-state index in [9.17, 15) is 24.0 Å². The summed E-state index contributed by atoms with van der Waals surface area (Å²) in [6.45, 7) is 6.10. The maximum atomic E-state index is 13.6. The van der Waals surface area contributed by atoms with E-state index in [1.54, 1.807) is 19.2 Å². The third-order valence-electron chi connectivity index (χ3n) is 9.42. The number of H-pyrrole nitrogens is 1. The summed E-state index contributed by atoms with van der Waals surface area (Å²) in [5.74, 6) is -1.93. The number of hydrogen-bond acceptors (Lipinski definition) is 7. The third kappa shape index (κ3) is 13.8. The number of fused-ring (bicyclic) bond motifs is 1. The molecule has 0 saturated carbocycles. The molecule has 3 rings (SSSR count). The van der Waals surface area contributed by atoms with Crippen LogP contribution >= 0.6 is 0 Å². The summed E-state index contributed by atoms with van der Waals surface area (Å²) in [6, 6.07) is 5.10. The standard InChI is InChI=1S/C39H60N4O7/c1-5-6-7-8-9-10-11-12-13-14-15-16-20-36(45)50-26-34(44)31(24-28-21-22-40-37(28)46)42-38(47)32(23-27(2)3)43-39(48)33-25-29-30(41-33)18-17-19-35(29)49-4/h17-19,25,27-28,31-32,41H,5-16,20-24,26H2,1-4H3,(H,40,46)(H,42,47)(H,43,48)/t28-,31-,32-/m0/s1. The second-order valence-electron chi connectivity index (χ2n) is 14.1. The van der Waals surface area contributed by atoms with Gasteiger partial charge in [-0.3, -0.25) is 24.0 Å². The van der Waals surface area contributed by atoms with Gasteiger partial charge in [0, 0.05) is 29.8 Å². The van der Waals surface area contributed by atoms with Crippen LogP contribution < -0.4 is 20.7 Å². The van der Waals surface area contributed by atoms with Crippen LogP contribution in [0.15, 0.2) is 24.3 Å². The first-order valence-corrected chi connectivity index (χ1v) is 18.9. The van der Waals surface area contributed by atoms with Gasteiger partial charge in [-0.25, -0.2) is 0 Å². The van der Waals surface area contributed by atoms with Gasteiger partial charge in [-0.15, -0.1) is 0 Å². The summed E-state index contributed by atoms with van der Waals surface area (Å²) >= 11 is 0. The first kappa shape index (κ1) is 40.5. The van der Waals surface area contributed by atoms with E-state index in [1.165, 1.54) is 51.4 Å². The van der Waals surface area contributed by atoms with Crippen molar-refractivity contribution in [1.29, 1.82) is 0 Å². The molecule has 50 heavy (non-hydrogen) atoms. The van der Waals surface area contributed by atoms with E-state index in [-0.39, 0.29) is 30.4 Å². The van der Waals surface area contributed by atoms with E-state index in [0.29, 0.717) is 37.1 Å². The van der Waals surface area contributed by atoms with Crippen molar-refractivity contribution >= 4 is 40.4 Å². The van der Waals surface area contributed by atoms with Crippen LogP contribution in [0.5, 0.6) is 5.75 Å². The predicted molar refractivity (Wildman–Crippen MR) is 195 cm³/mol. The molecule has 0 unspecified atom stereocenters. The average molecular weight is 697 g/mol. The number of hydrogen-bond donors (Lipinski definition) is 4. The summed E-state index contributed by atoms with van der Waals surface area (Å²) in [6.07, 6.45) is 15.4. The quantitative estimate of drug-likeness (QED) is 0.0679. The second kappa shape index (κ2) is 22.0. The number of carbonyl (C=O) groups is 5. The van der Waals surface area contributed by atoms with Gasteiger partial charge in [-0.05, 0) is 49.8 Å². The van der Waals surface area contributed by atoms with Crippen molar-refractivity contribution in [2.24, 2.45) is 11.8 Å². The van der Waals surface area contributed by atoms with Gasteiger partial charge in [0.15, 0.2) is 12.4 Å². The number of ketones is 1. The topological polar surface area (TPSA) is 156 Å². The van der Waals surface area contributed by atoms with Crippen LogP contribution in [0.25, 0.3) is 10.9 Å². The molecule has 0 aliphatic carbocycles. The molecule has 11 heteroatoms. The lowest BCUT2D eigenvalue weighted by atomic mass is 9.95. The number of esters is 1. The maximum absolute atomic E-state index is 13.6. The number of unbranched alkanes of at least 4 members (excludes halogenated alkanes) is 11. The lowest BCUT2D eigenvalue weighted by Gasteiger charge is -2.25. The fourth-order valence-corrected chi connectivity index (χ4v) is 6.50. The highest BCUT2D eigenvalue weighted by atomic mass is 16.5. The Bertz CT molecular complexity index is 1390. The number of aromatic amines is 1. The molecule has 2 heterocycles. The molecule has 1 fully saturated rings. The molecule has 2 aromatic rings. The third-order valence-corrected chi connectivity index (χ3v) is 9.42. The van der Waals surface area contributed by atoms with Gasteiger partial charge >= 0.3 is 5.97 Å². The number of carbonyl (C=O) groups excluding carboxylic acids is 5. The number of ether oxygens (including phenoxy) is 2. The van der Waals surface area contributed by atoms with Crippen molar-refractivity contribution in [3.63, 3.8) is 0 Å². The van der Waals surface area contributed by atoms with E-state index in [1.807, 2.05) is 26.0 Å². The highest BCUT2D eigenvalue weighted by Gasteiger charge is 2.34. The lowest BCUT2D eigenvalue weighted by Crippen LogP contribution is -2.53. The van der Waals surface area contributed by atoms with Crippen molar-refractivity contribution in [1.82, 2.24) is 20.9 Å². The predicted octanol–water partition coefficient (Wildman–Crippen LogP) is 6.54. The minimum atomic E-state index is -1.06. The Hall–Kier alpha value is -3.89. The number of benzene rings is 1. The lowest BCUT2D eigenvalue weighted by molar-refractivity contribution is -0.149. The highest BCUT2D eigenvalue weighted by molar-refractivity contribution is 6.02. The summed E-state index contributed by atoms with van der Waals surface area (Å²) in [5, 5.41) is 9.10. The normalized spacial score (nSPS) is 15.5. The molecule has 3 atom stereocenters. The number of methoxy groups -OCH3 is 1. The van der Waals surface area contributed by atoms with Crippen molar-refractivity contribution in [2.75, 3.05) is 20.3 Å². The van der Waals surface area contributed by atoms with E-state index < -0.39 is 48.2 Å². The number of rotatable bonds is 25. The molecule has 1 saturated heterocycles. The maximum Gasteiger partial charge on any atom is 0.306 e. The van der Waals surface area contributed by atoms with Crippen LogP contribution in [0.4, 0.5) is 0 Å². The molecule has 1 aromatic carbocycles. The molecule has 11 nitrogen and oxygen atoms in total. The smallest absolute Gasteiger partial charge is 0.306 e. The molecule has 4 N–H and O–H groups in total. The van der Waals surface area contributed by atoms with Crippen molar-refractivity contribution in [3.05, 3.63) is 30.0 Å². The zero-order valence-corrected chi connectivity index (χ0v) is 30.7. The first-order valence-electron chi connectivity index (χ1n) is 18.9. The van der Waals surface area contributed by atoms with E-state index in [0.717, 1.165) is 24.6 Å². The molecule has 278 valence electrons. The van der Waals surface area contributed by atoms with Gasteiger partial charge in [0.05, 0.1) is 13.2 Å². The molecule has 0 spiro atoms. The van der Waals surface area contributed by atoms with Crippen molar-refractivity contribution in [3.8, 4) is 5.75 Å². The van der Waals surface area contributed by atoms with Crippen LogP contribution in [0.1, 0.15) is 134 Å². The summed E-state index contributed by atoms with van der Waals surface area (Å²) in [5.41, 5.74) is 0.981. The van der Waals surface area contributed by atoms with Crippen molar-refractivity contribution < 1.29 is 33.4 Å². The number of Topliss-reactive ketones (excluding diaryl/α,β-unsaturated/α-hetero) is 1. The monoisotopic (exact) mass is 696 g/mol. The summed E-state index contributed by atoms with van der Waals surface area (Å²) < 4.78 is 10.7. The van der Waals surface area contributed by atoms with E-state index >= 15 is 0 Å². The number of aromatic nitrogens is 1. The van der Waals surface area contributed by atoms with Gasteiger partial charge in [0.2, 0.25) is 11.8 Å². The Labute approximate surface area is 297 Å². The Balaban J connectivity index is 1.51. The Morgan fingerprint density at radius 3 is 2.16 bits per heavy atom. The van der Waals surface area contributed by atoms with Crippen molar-refractivity contribution in [2.45, 2.75) is 136 Å². The minimum absolute atomic E-state index is 0.0462. The molecule has 1 aliphatic rings. The molecule has 0 radical (unpaired) electrons. The zero-order valence-electron chi connectivity index (χ0n) is 30.7. The van der Waals surface area contributed by atoms with Gasteiger partial charge < -0.3 is 30.4 Å². The SMILES string of the molecule is CCCCCCCCCCCCCCC(=O)OCC(=O)[C@H](C[C@@H]1CCNC1=O)NC(=O)[C@H](CC(C)C)NC(=O)c1cc2c(OC)cccc2[nH]1. The van der Waals surface area contributed by atoms with Gasteiger partial charge in [-0.2, -0.15) is 0 Å². The highest BCUT2D eigenvalue weighted by Crippen LogP contribution is 2.26. The Kier molecular flexibility index (Phi) is 17.9. The Morgan fingerprint density at radius 1 is 0.900 bits per heavy atom. The van der Waals surface area contributed by atoms with Gasteiger partial charge in [0.25, 0.3) is 5.91 Å². The fourth-order valence-electron chi connectivity index (χ4n) is 6.50. The summed E-state index contributed by atoms with van der Waals surface area (Å²) in [7, 11) is 1.55. The van der Waals surface area contributed by atoms with E-state index in [4.69, 9.17) is 9.47 Å². The molecule has 0 bridgehead atoms. The summed E-state index contributed by atoms with van der Waals surface area (Å²) in [4.78, 5) is 68.3. The zero-order chi connectivity index (χ0) is 36.3. The molecular formula is C39H60N4O7. The fraction of sp³-hybridized carbons (Fsp3) is 0.667. The van der Waals surface area contributed by atoms with Gasteiger partial charge in [0.1, 0.15) is 17.5 Å². The van der Waals surface area contributed by atoms with Crippen LogP contribution in [-0.4, -0.2) is 66.8 Å². The number of nitrogens with one attached hydrogen (secondary N) is 4. The Morgan fingerprint density at radius 2 is 1.56 bits per heavy atom. The molecular weight excluding hydrogens is 636 g/mol. The van der Waals surface area contributed by atoms with Crippen LogP contribution in [0.3, 0.4) is 0 Å². The molecule has 1 aromatic heterocycles. The van der Waals surface area contributed by atoms with E-state index in [2.05, 4.69) is 27.9 Å². The van der Waals surface area contributed by atoms with Crippen LogP contribution in [-0.2, 0) is 23.9 Å².